The maximum absolute atomic E-state index is 12.4. The molecule has 25 heavy (non-hydrogen) atoms. The van der Waals surface area contributed by atoms with Crippen molar-refractivity contribution in [3.8, 4) is 0 Å². The van der Waals surface area contributed by atoms with Gasteiger partial charge in [0, 0.05) is 17.9 Å². The normalized spacial score (nSPS) is 11.6. The minimum absolute atomic E-state index is 0.382. The minimum Gasteiger partial charge on any atom is -0.449 e. The van der Waals surface area contributed by atoms with Crippen molar-refractivity contribution in [2.24, 2.45) is 5.73 Å². The lowest BCUT2D eigenvalue weighted by atomic mass is 10.2. The van der Waals surface area contributed by atoms with Crippen LogP contribution in [0.2, 0.25) is 0 Å². The van der Waals surface area contributed by atoms with E-state index in [4.69, 9.17) is 10.5 Å². The van der Waals surface area contributed by atoms with E-state index in [0.29, 0.717) is 12.1 Å². The summed E-state index contributed by atoms with van der Waals surface area (Å²) in [7, 11) is 0. The van der Waals surface area contributed by atoms with E-state index in [2.05, 4.69) is 0 Å². The third-order valence-corrected chi connectivity index (χ3v) is 3.88. The molecule has 1 atom stereocenters. The Labute approximate surface area is 145 Å². The number of esters is 1. The van der Waals surface area contributed by atoms with E-state index in [0.717, 1.165) is 17.0 Å². The standard InChI is InChI=1S/C18H21N3O4/c1-11-9-15(17(23)25-13(3)16(22)20-18(19)24)12(2)21(11)10-14-7-5-4-6-8-14/h4-9,13H,10H2,1-3H3,(H3,19,20,22,24)/t13-/m0/s1. The average Bonchev–Trinajstić information content (AvgIpc) is 2.83. The number of nitrogens with two attached hydrogens (primary N) is 1. The molecule has 1 heterocycles. The fourth-order valence-electron chi connectivity index (χ4n) is 2.52. The van der Waals surface area contributed by atoms with Crippen LogP contribution in [0.25, 0.3) is 0 Å². The molecule has 0 fully saturated rings. The number of urea groups is 1. The Kier molecular flexibility index (Phi) is 5.59. The summed E-state index contributed by atoms with van der Waals surface area (Å²) >= 11 is 0. The average molecular weight is 343 g/mol. The molecule has 0 unspecified atom stereocenters. The molecule has 2 aromatic rings. The summed E-state index contributed by atoms with van der Waals surface area (Å²) in [4.78, 5) is 34.7. The van der Waals surface area contributed by atoms with Crippen molar-refractivity contribution in [2.45, 2.75) is 33.4 Å². The van der Waals surface area contributed by atoms with Gasteiger partial charge in [0.15, 0.2) is 6.10 Å². The number of rotatable bonds is 5. The van der Waals surface area contributed by atoms with Gasteiger partial charge in [0.05, 0.1) is 5.56 Å². The molecule has 0 aliphatic carbocycles. The summed E-state index contributed by atoms with van der Waals surface area (Å²) < 4.78 is 7.13. The number of carbonyl (C=O) groups is 3. The number of nitrogens with zero attached hydrogens (tertiary/aromatic N) is 1. The van der Waals surface area contributed by atoms with Gasteiger partial charge in [-0.1, -0.05) is 30.3 Å². The summed E-state index contributed by atoms with van der Waals surface area (Å²) in [5.74, 6) is -1.39. The maximum Gasteiger partial charge on any atom is 0.340 e. The third-order valence-electron chi connectivity index (χ3n) is 3.88. The molecule has 132 valence electrons. The molecular formula is C18H21N3O4. The molecule has 0 saturated heterocycles. The number of ether oxygens (including phenoxy) is 1. The van der Waals surface area contributed by atoms with Crippen molar-refractivity contribution < 1.29 is 19.1 Å². The van der Waals surface area contributed by atoms with Crippen LogP contribution in [0.4, 0.5) is 4.79 Å². The zero-order chi connectivity index (χ0) is 18.6. The van der Waals surface area contributed by atoms with Crippen LogP contribution in [0.3, 0.4) is 0 Å². The summed E-state index contributed by atoms with van der Waals surface area (Å²) in [5.41, 5.74) is 8.02. The second-order valence-electron chi connectivity index (χ2n) is 5.76. The molecule has 0 aliphatic rings. The first-order valence-electron chi connectivity index (χ1n) is 7.81. The summed E-state index contributed by atoms with van der Waals surface area (Å²) in [6.07, 6.45) is -1.13. The highest BCUT2D eigenvalue weighted by atomic mass is 16.5. The predicted octanol–water partition coefficient (Wildman–Crippen LogP) is 1.89. The number of aromatic nitrogens is 1. The number of primary amides is 1. The van der Waals surface area contributed by atoms with Crippen LogP contribution in [0, 0.1) is 13.8 Å². The van der Waals surface area contributed by atoms with Crippen molar-refractivity contribution in [3.05, 3.63) is 58.9 Å². The lowest BCUT2D eigenvalue weighted by Crippen LogP contribution is -2.42. The molecule has 2 rings (SSSR count). The zero-order valence-corrected chi connectivity index (χ0v) is 14.4. The summed E-state index contributed by atoms with van der Waals surface area (Å²) in [6.45, 7) is 5.72. The molecule has 0 bridgehead atoms. The first-order valence-corrected chi connectivity index (χ1v) is 7.81. The topological polar surface area (TPSA) is 103 Å². The fraction of sp³-hybridized carbons (Fsp3) is 0.278. The van der Waals surface area contributed by atoms with Crippen LogP contribution in [-0.2, 0) is 16.1 Å². The Morgan fingerprint density at radius 1 is 1.20 bits per heavy atom. The van der Waals surface area contributed by atoms with Crippen LogP contribution in [0.1, 0.15) is 34.2 Å². The Balaban J connectivity index is 2.14. The second kappa shape index (κ2) is 7.65. The van der Waals surface area contributed by atoms with Gasteiger partial charge in [0.25, 0.3) is 5.91 Å². The second-order valence-corrected chi connectivity index (χ2v) is 5.76. The molecule has 1 aromatic carbocycles. The smallest absolute Gasteiger partial charge is 0.340 e. The van der Waals surface area contributed by atoms with Crippen molar-refractivity contribution in [2.75, 3.05) is 0 Å². The van der Waals surface area contributed by atoms with Crippen molar-refractivity contribution in [1.82, 2.24) is 9.88 Å². The first kappa shape index (κ1) is 18.3. The maximum atomic E-state index is 12.4. The van der Waals surface area contributed by atoms with Crippen molar-refractivity contribution in [3.63, 3.8) is 0 Å². The van der Waals surface area contributed by atoms with E-state index in [1.807, 2.05) is 54.1 Å². The quantitative estimate of drug-likeness (QED) is 0.809. The van der Waals surface area contributed by atoms with E-state index in [-0.39, 0.29) is 0 Å². The van der Waals surface area contributed by atoms with Crippen LogP contribution in [0.5, 0.6) is 0 Å². The minimum atomic E-state index is -1.13. The highest BCUT2D eigenvalue weighted by molar-refractivity contribution is 5.98. The Morgan fingerprint density at radius 3 is 2.44 bits per heavy atom. The van der Waals surface area contributed by atoms with Gasteiger partial charge in [-0.2, -0.15) is 0 Å². The summed E-state index contributed by atoms with van der Waals surface area (Å²) in [5, 5.41) is 1.88. The molecular weight excluding hydrogens is 322 g/mol. The van der Waals surface area contributed by atoms with E-state index in [1.165, 1.54) is 6.92 Å². The van der Waals surface area contributed by atoms with Crippen molar-refractivity contribution in [1.29, 1.82) is 0 Å². The number of imide groups is 1. The fourth-order valence-corrected chi connectivity index (χ4v) is 2.52. The molecule has 0 spiro atoms. The number of hydrogen-bond donors (Lipinski definition) is 2. The number of carbonyl (C=O) groups excluding carboxylic acids is 3. The van der Waals surface area contributed by atoms with Gasteiger partial charge in [-0.05, 0) is 32.4 Å². The van der Waals surface area contributed by atoms with E-state index in [1.54, 1.807) is 6.07 Å². The van der Waals surface area contributed by atoms with Gasteiger partial charge in [0.2, 0.25) is 0 Å². The Bertz CT molecular complexity index is 796. The van der Waals surface area contributed by atoms with Gasteiger partial charge in [0.1, 0.15) is 0 Å². The van der Waals surface area contributed by atoms with Crippen LogP contribution >= 0.6 is 0 Å². The number of amides is 3. The van der Waals surface area contributed by atoms with Gasteiger partial charge < -0.3 is 15.0 Å². The molecule has 1 aromatic heterocycles. The van der Waals surface area contributed by atoms with E-state index in [9.17, 15) is 14.4 Å². The Hall–Kier alpha value is -3.09. The van der Waals surface area contributed by atoms with Gasteiger partial charge >= 0.3 is 12.0 Å². The number of aryl methyl sites for hydroxylation is 1. The predicted molar refractivity (Wildman–Crippen MR) is 92.1 cm³/mol. The van der Waals surface area contributed by atoms with E-state index >= 15 is 0 Å². The lowest BCUT2D eigenvalue weighted by Gasteiger charge is -2.13. The van der Waals surface area contributed by atoms with Crippen LogP contribution in [-0.4, -0.2) is 28.6 Å². The highest BCUT2D eigenvalue weighted by Gasteiger charge is 2.23. The molecule has 3 N–H and O–H groups in total. The number of benzene rings is 1. The lowest BCUT2D eigenvalue weighted by molar-refractivity contribution is -0.127. The van der Waals surface area contributed by atoms with E-state index < -0.39 is 24.0 Å². The molecule has 7 nitrogen and oxygen atoms in total. The van der Waals surface area contributed by atoms with Crippen LogP contribution in [0.15, 0.2) is 36.4 Å². The first-order chi connectivity index (χ1) is 11.8. The number of nitrogens with one attached hydrogen (secondary N) is 1. The molecule has 7 heteroatoms. The van der Waals surface area contributed by atoms with Crippen LogP contribution < -0.4 is 11.1 Å². The number of hydrogen-bond acceptors (Lipinski definition) is 4. The SMILES string of the molecule is Cc1cc(C(=O)O[C@@H](C)C(=O)NC(N)=O)c(C)n1Cc1ccccc1. The zero-order valence-electron chi connectivity index (χ0n) is 14.4. The summed E-state index contributed by atoms with van der Waals surface area (Å²) in [6, 6.07) is 10.6. The largest absolute Gasteiger partial charge is 0.449 e. The molecule has 0 saturated carbocycles. The monoisotopic (exact) mass is 343 g/mol. The Morgan fingerprint density at radius 2 is 1.84 bits per heavy atom. The van der Waals surface area contributed by atoms with Gasteiger partial charge in [-0.25, -0.2) is 9.59 Å². The molecule has 0 radical (unpaired) electrons. The molecule has 3 amide bonds. The van der Waals surface area contributed by atoms with Gasteiger partial charge in [-0.3, -0.25) is 10.1 Å². The van der Waals surface area contributed by atoms with Gasteiger partial charge in [-0.15, -0.1) is 0 Å². The molecule has 0 aliphatic heterocycles. The highest BCUT2D eigenvalue weighted by Crippen LogP contribution is 2.18. The van der Waals surface area contributed by atoms with Crippen molar-refractivity contribution >= 4 is 17.9 Å². The third kappa shape index (κ3) is 4.47.